The van der Waals surface area contributed by atoms with E-state index >= 15 is 0 Å². The van der Waals surface area contributed by atoms with Crippen molar-refractivity contribution in [3.63, 3.8) is 0 Å². The lowest BCUT2D eigenvalue weighted by molar-refractivity contribution is -0.126. The van der Waals surface area contributed by atoms with Gasteiger partial charge in [0.1, 0.15) is 5.82 Å². The second-order valence-electron chi connectivity index (χ2n) is 7.04. The van der Waals surface area contributed by atoms with Crippen molar-refractivity contribution in [1.82, 2.24) is 14.9 Å². The lowest BCUT2D eigenvalue weighted by Gasteiger charge is -2.18. The summed E-state index contributed by atoms with van der Waals surface area (Å²) in [6.07, 6.45) is 3.37. The number of H-pyrrole nitrogens is 1. The van der Waals surface area contributed by atoms with Gasteiger partial charge in [-0.05, 0) is 42.2 Å². The molecule has 0 aliphatic heterocycles. The van der Waals surface area contributed by atoms with Crippen molar-refractivity contribution < 1.29 is 4.79 Å². The largest absolute Gasteiger partial charge is 0.332 e. The highest BCUT2D eigenvalue weighted by Gasteiger charge is 2.12. The zero-order chi connectivity index (χ0) is 20.1. The van der Waals surface area contributed by atoms with Crippen molar-refractivity contribution in [2.75, 3.05) is 6.54 Å². The molecule has 0 saturated heterocycles. The molecule has 0 unspecified atom stereocenters. The number of nitrogens with one attached hydrogen (secondary N) is 1. The summed E-state index contributed by atoms with van der Waals surface area (Å²) in [7, 11) is 0. The number of rotatable bonds is 6. The molecule has 28 heavy (non-hydrogen) atoms. The summed E-state index contributed by atoms with van der Waals surface area (Å²) in [5, 5.41) is 0.547. The Kier molecular flexibility index (Phi) is 6.04. The van der Waals surface area contributed by atoms with E-state index in [0.29, 0.717) is 29.2 Å². The van der Waals surface area contributed by atoms with Crippen LogP contribution < -0.4 is 5.56 Å². The minimum Gasteiger partial charge on any atom is -0.332 e. The third kappa shape index (κ3) is 4.55. The lowest BCUT2D eigenvalue weighted by Crippen LogP contribution is -2.30. The van der Waals surface area contributed by atoms with Gasteiger partial charge in [0, 0.05) is 12.6 Å². The number of amides is 1. The summed E-state index contributed by atoms with van der Waals surface area (Å²) < 4.78 is 0. The van der Waals surface area contributed by atoms with Crippen LogP contribution in [0.2, 0.25) is 0 Å². The number of fused-ring (bicyclic) bond motifs is 1. The van der Waals surface area contributed by atoms with Crippen molar-refractivity contribution in [1.29, 1.82) is 0 Å². The van der Waals surface area contributed by atoms with Gasteiger partial charge in [0.2, 0.25) is 5.91 Å². The van der Waals surface area contributed by atoms with Gasteiger partial charge in [-0.15, -0.1) is 0 Å². The molecule has 1 aromatic heterocycles. The van der Waals surface area contributed by atoms with Crippen LogP contribution in [0.15, 0.2) is 59.4 Å². The summed E-state index contributed by atoms with van der Waals surface area (Å²) in [6.45, 7) is 6.98. The molecule has 0 aliphatic rings. The lowest BCUT2D eigenvalue weighted by atomic mass is 10.0. The molecule has 3 aromatic rings. The summed E-state index contributed by atoms with van der Waals surface area (Å²) in [4.78, 5) is 33.7. The van der Waals surface area contributed by atoms with Crippen molar-refractivity contribution in [2.24, 2.45) is 0 Å². The molecule has 2 aromatic carbocycles. The van der Waals surface area contributed by atoms with Crippen molar-refractivity contribution >= 4 is 22.9 Å². The number of likely N-dealkylation sites (N-methyl/N-ethyl adjacent to an activating group) is 1. The van der Waals surface area contributed by atoms with E-state index in [9.17, 15) is 9.59 Å². The van der Waals surface area contributed by atoms with Crippen molar-refractivity contribution in [3.8, 4) is 0 Å². The molecule has 144 valence electrons. The molecular formula is C23H25N3O2. The van der Waals surface area contributed by atoms with E-state index in [1.54, 1.807) is 29.2 Å². The zero-order valence-electron chi connectivity index (χ0n) is 16.5. The topological polar surface area (TPSA) is 66.1 Å². The van der Waals surface area contributed by atoms with Gasteiger partial charge in [-0.1, -0.05) is 50.2 Å². The summed E-state index contributed by atoms with van der Waals surface area (Å²) in [5.74, 6) is 0.840. The number of aromatic amines is 1. The molecule has 0 saturated carbocycles. The summed E-state index contributed by atoms with van der Waals surface area (Å²) in [5.41, 5.74) is 2.69. The van der Waals surface area contributed by atoms with Crippen LogP contribution in [0.5, 0.6) is 0 Å². The van der Waals surface area contributed by atoms with Crippen LogP contribution in [0.4, 0.5) is 0 Å². The average Bonchev–Trinajstić information content (AvgIpc) is 2.70. The molecule has 5 heteroatoms. The second kappa shape index (κ2) is 8.65. The second-order valence-corrected chi connectivity index (χ2v) is 7.04. The summed E-state index contributed by atoms with van der Waals surface area (Å²) >= 11 is 0. The normalized spacial score (nSPS) is 11.4. The van der Waals surface area contributed by atoms with Crippen LogP contribution in [0.25, 0.3) is 17.0 Å². The van der Waals surface area contributed by atoms with E-state index in [4.69, 9.17) is 0 Å². The number of carbonyl (C=O) groups is 1. The third-order valence-corrected chi connectivity index (χ3v) is 4.72. The number of para-hydroxylation sites is 1. The van der Waals surface area contributed by atoms with Crippen LogP contribution in [0.3, 0.4) is 0 Å². The monoisotopic (exact) mass is 375 g/mol. The Labute approximate surface area is 164 Å². The van der Waals surface area contributed by atoms with Crippen LogP contribution in [-0.2, 0) is 11.3 Å². The van der Waals surface area contributed by atoms with Gasteiger partial charge in [-0.3, -0.25) is 9.59 Å². The molecule has 1 heterocycles. The first-order valence-electron chi connectivity index (χ1n) is 9.52. The van der Waals surface area contributed by atoms with Crippen molar-refractivity contribution in [2.45, 2.75) is 33.2 Å². The molecule has 0 radical (unpaired) electrons. The Morgan fingerprint density at radius 2 is 1.86 bits per heavy atom. The van der Waals surface area contributed by atoms with Gasteiger partial charge in [0.15, 0.2) is 0 Å². The smallest absolute Gasteiger partial charge is 0.258 e. The number of carbonyl (C=O) groups excluding carboxylic acids is 1. The van der Waals surface area contributed by atoms with Gasteiger partial charge < -0.3 is 9.88 Å². The maximum Gasteiger partial charge on any atom is 0.258 e. The quantitative estimate of drug-likeness (QED) is 0.660. The minimum atomic E-state index is -0.190. The molecule has 1 amide bonds. The van der Waals surface area contributed by atoms with Gasteiger partial charge in [0.05, 0.1) is 17.4 Å². The van der Waals surface area contributed by atoms with Gasteiger partial charge in [0.25, 0.3) is 5.56 Å². The number of nitrogens with zero attached hydrogens (tertiary/aromatic N) is 2. The third-order valence-electron chi connectivity index (χ3n) is 4.72. The standard InChI is InChI=1S/C23H25N3O2/c1-4-26(15-21-24-20-8-6-5-7-19(20)23(28)25-21)22(27)14-11-17-9-12-18(13-10-17)16(2)3/h5-14,16H,4,15H2,1-3H3,(H,24,25,28)/b14-11+. The fourth-order valence-corrected chi connectivity index (χ4v) is 3.00. The van der Waals surface area contributed by atoms with E-state index in [-0.39, 0.29) is 18.0 Å². The summed E-state index contributed by atoms with van der Waals surface area (Å²) in [6, 6.07) is 15.4. The Morgan fingerprint density at radius 3 is 2.54 bits per heavy atom. The van der Waals surface area contributed by atoms with E-state index in [1.807, 2.05) is 31.2 Å². The van der Waals surface area contributed by atoms with Crippen molar-refractivity contribution in [3.05, 3.63) is 81.9 Å². The average molecular weight is 375 g/mol. The molecule has 0 fully saturated rings. The number of hydrogen-bond acceptors (Lipinski definition) is 3. The highest BCUT2D eigenvalue weighted by molar-refractivity contribution is 5.91. The molecule has 0 bridgehead atoms. The predicted octanol–water partition coefficient (Wildman–Crippen LogP) is 4.11. The van der Waals surface area contributed by atoms with E-state index in [0.717, 1.165) is 5.56 Å². The molecular weight excluding hydrogens is 350 g/mol. The molecule has 1 N–H and O–H groups in total. The molecule has 5 nitrogen and oxygen atoms in total. The first-order chi connectivity index (χ1) is 13.5. The SMILES string of the molecule is CCN(Cc1nc2ccccc2c(=O)[nH]1)C(=O)/C=C/c1ccc(C(C)C)cc1. The zero-order valence-corrected chi connectivity index (χ0v) is 16.5. The van der Waals surface area contributed by atoms with E-state index in [1.165, 1.54) is 5.56 Å². The molecule has 3 rings (SSSR count). The Bertz CT molecular complexity index is 1050. The van der Waals surface area contributed by atoms with Gasteiger partial charge in [-0.2, -0.15) is 0 Å². The van der Waals surface area contributed by atoms with Crippen LogP contribution in [-0.4, -0.2) is 27.3 Å². The maximum absolute atomic E-state index is 12.6. The number of hydrogen-bond donors (Lipinski definition) is 1. The molecule has 0 spiro atoms. The van der Waals surface area contributed by atoms with E-state index in [2.05, 4.69) is 35.9 Å². The maximum atomic E-state index is 12.6. The van der Waals surface area contributed by atoms with E-state index < -0.39 is 0 Å². The first-order valence-corrected chi connectivity index (χ1v) is 9.52. The highest BCUT2D eigenvalue weighted by atomic mass is 16.2. The Morgan fingerprint density at radius 1 is 1.14 bits per heavy atom. The fraction of sp³-hybridized carbons (Fsp3) is 0.261. The fourth-order valence-electron chi connectivity index (χ4n) is 3.00. The van der Waals surface area contributed by atoms with Crippen LogP contribution in [0.1, 0.15) is 43.6 Å². The highest BCUT2D eigenvalue weighted by Crippen LogP contribution is 2.15. The van der Waals surface area contributed by atoms with Crippen LogP contribution in [0, 0.1) is 0 Å². The Balaban J connectivity index is 1.74. The Hall–Kier alpha value is -3.21. The predicted molar refractivity (Wildman–Crippen MR) is 113 cm³/mol. The molecule has 0 aliphatic carbocycles. The van der Waals surface area contributed by atoms with Gasteiger partial charge >= 0.3 is 0 Å². The van der Waals surface area contributed by atoms with Gasteiger partial charge in [-0.25, -0.2) is 4.98 Å². The first kappa shape index (κ1) is 19.5. The number of aromatic nitrogens is 2. The minimum absolute atomic E-state index is 0.119. The number of benzene rings is 2. The van der Waals surface area contributed by atoms with Crippen LogP contribution >= 0.6 is 0 Å². The molecule has 0 atom stereocenters.